The number of carbonyl (C=O) groups excluding carboxylic acids is 3. The zero-order valence-corrected chi connectivity index (χ0v) is 17.0. The molecule has 0 fully saturated rings. The van der Waals surface area contributed by atoms with E-state index >= 15 is 0 Å². The summed E-state index contributed by atoms with van der Waals surface area (Å²) in [6, 6.07) is 0. The van der Waals surface area contributed by atoms with Crippen LogP contribution >= 0.6 is 0 Å². The Hall–Kier alpha value is -0.791. The Kier molecular flexibility index (Phi) is 11.3. The van der Waals surface area contributed by atoms with Crippen molar-refractivity contribution < 1.29 is 23.6 Å². The molecular weight excluding hydrogens is 395 g/mol. The zero-order valence-electron chi connectivity index (χ0n) is 14.1. The van der Waals surface area contributed by atoms with E-state index in [9.17, 15) is 14.4 Å². The Morgan fingerprint density at radius 2 is 0.955 bits per heavy atom. The Balaban J connectivity index is 5.18. The monoisotopic (exact) mass is 424 g/mol. The number of hydrogen-bond acceptors (Lipinski definition) is 6. The van der Waals surface area contributed by atoms with Crippen LogP contribution in [-0.2, 0) is 23.6 Å². The van der Waals surface area contributed by atoms with Crippen molar-refractivity contribution in [3.63, 3.8) is 0 Å². The van der Waals surface area contributed by atoms with Gasteiger partial charge in [0.15, 0.2) is 0 Å². The van der Waals surface area contributed by atoms with Gasteiger partial charge in [-0.15, -0.1) is 0 Å². The van der Waals surface area contributed by atoms with Gasteiger partial charge in [-0.3, -0.25) is 0 Å². The summed E-state index contributed by atoms with van der Waals surface area (Å²) in [6.07, 6.45) is 3.15. The molecule has 7 heteroatoms. The summed E-state index contributed by atoms with van der Waals surface area (Å²) < 4.78 is 16.6. The van der Waals surface area contributed by atoms with E-state index in [1.165, 1.54) is 0 Å². The summed E-state index contributed by atoms with van der Waals surface area (Å²) in [6.45, 7) is 7.43. The first-order valence-electron chi connectivity index (χ1n) is 8.08. The molecule has 0 aliphatic carbocycles. The fourth-order valence-electron chi connectivity index (χ4n) is 1.81. The van der Waals surface area contributed by atoms with Gasteiger partial charge in [-0.25, -0.2) is 0 Å². The molecule has 0 saturated carbocycles. The summed E-state index contributed by atoms with van der Waals surface area (Å²) in [5.41, 5.74) is 0. The van der Waals surface area contributed by atoms with E-state index in [0.717, 1.165) is 0 Å². The van der Waals surface area contributed by atoms with Gasteiger partial charge in [-0.05, 0) is 0 Å². The molecule has 0 amide bonds. The van der Waals surface area contributed by atoms with Crippen LogP contribution in [-0.4, -0.2) is 37.5 Å². The first kappa shape index (κ1) is 21.2. The van der Waals surface area contributed by atoms with Gasteiger partial charge in [0, 0.05) is 0 Å². The topological polar surface area (TPSA) is 78.9 Å². The van der Waals surface area contributed by atoms with Crippen molar-refractivity contribution in [3.05, 3.63) is 0 Å². The van der Waals surface area contributed by atoms with E-state index in [1.807, 2.05) is 27.7 Å². The van der Waals surface area contributed by atoms with E-state index in [-0.39, 0.29) is 19.3 Å². The number of carbonyl (C=O) groups is 3. The van der Waals surface area contributed by atoms with E-state index in [2.05, 4.69) is 0 Å². The molecule has 22 heavy (non-hydrogen) atoms. The van der Waals surface area contributed by atoms with Gasteiger partial charge in [0.05, 0.1) is 0 Å². The number of hydrogen-bond donors (Lipinski definition) is 0. The fraction of sp³-hybridized carbons (Fsp3) is 0.800. The maximum absolute atomic E-state index is 11.9. The summed E-state index contributed by atoms with van der Waals surface area (Å²) in [5, 5.41) is 0. The van der Waals surface area contributed by atoms with E-state index < -0.39 is 37.5 Å². The molecule has 0 rings (SSSR count). The first-order valence-corrected chi connectivity index (χ1v) is 13.6. The van der Waals surface area contributed by atoms with Crippen LogP contribution < -0.4 is 0 Å². The Bertz CT molecular complexity index is 319. The minimum absolute atomic E-state index is 0.221. The van der Waals surface area contributed by atoms with Crippen molar-refractivity contribution in [2.75, 3.05) is 0 Å². The first-order chi connectivity index (χ1) is 10.4. The fourth-order valence-corrected chi connectivity index (χ4v) is 8.63. The van der Waals surface area contributed by atoms with E-state index in [4.69, 9.17) is 9.22 Å². The second-order valence-corrected chi connectivity index (χ2v) is 12.2. The van der Waals surface area contributed by atoms with Crippen LogP contribution in [0.5, 0.6) is 0 Å². The predicted molar refractivity (Wildman–Crippen MR) is 83.9 cm³/mol. The standard InChI is InChI=1S/3C4H8O2.C3H7.Sn/c3*1-2-3-4(5)6;1-3-2;/h3*2-3H2,1H3,(H,5,6);1,3H2,2H3;/q;;;;+3/p-3. The summed E-state index contributed by atoms with van der Waals surface area (Å²) in [7, 11) is 0. The molecule has 6 nitrogen and oxygen atoms in total. The van der Waals surface area contributed by atoms with Crippen LogP contribution in [0.3, 0.4) is 0 Å². The van der Waals surface area contributed by atoms with Crippen LogP contribution in [0.2, 0.25) is 4.44 Å². The van der Waals surface area contributed by atoms with Crippen LogP contribution in [0.15, 0.2) is 0 Å². The molecule has 0 aromatic rings. The van der Waals surface area contributed by atoms with Crippen molar-refractivity contribution >= 4 is 37.5 Å². The molecule has 128 valence electrons. The van der Waals surface area contributed by atoms with Crippen molar-refractivity contribution in [3.8, 4) is 0 Å². The molecule has 0 atom stereocenters. The van der Waals surface area contributed by atoms with Gasteiger partial charge < -0.3 is 0 Å². The minimum atomic E-state index is -4.52. The molecule has 0 aromatic carbocycles. The van der Waals surface area contributed by atoms with Crippen molar-refractivity contribution in [2.24, 2.45) is 0 Å². The third-order valence-corrected chi connectivity index (χ3v) is 10.5. The Morgan fingerprint density at radius 3 is 1.18 bits per heavy atom. The van der Waals surface area contributed by atoms with Gasteiger partial charge in [0.25, 0.3) is 0 Å². The molecule has 0 aliphatic heterocycles. The molecule has 0 radical (unpaired) electrons. The molecular formula is C15H28O6Sn. The SMILES string of the molecule is CCCC(=O)[O][Sn]([CH2]CC)([O]C(=O)CCC)[O]C(=O)CCC. The third-order valence-electron chi connectivity index (χ3n) is 2.73. The van der Waals surface area contributed by atoms with Crippen LogP contribution in [0.4, 0.5) is 0 Å². The number of rotatable bonds is 11. The van der Waals surface area contributed by atoms with Gasteiger partial charge >= 0.3 is 138 Å². The maximum atomic E-state index is 11.9. The molecule has 0 heterocycles. The summed E-state index contributed by atoms with van der Waals surface area (Å²) in [4.78, 5) is 35.6. The van der Waals surface area contributed by atoms with Crippen molar-refractivity contribution in [1.82, 2.24) is 0 Å². The van der Waals surface area contributed by atoms with Crippen LogP contribution in [0.25, 0.3) is 0 Å². The zero-order chi connectivity index (χ0) is 17.0. The molecule has 0 N–H and O–H groups in total. The Morgan fingerprint density at radius 1 is 0.636 bits per heavy atom. The van der Waals surface area contributed by atoms with Gasteiger partial charge in [-0.2, -0.15) is 0 Å². The molecule has 0 aromatic heterocycles. The van der Waals surface area contributed by atoms with Crippen molar-refractivity contribution in [2.45, 2.75) is 77.1 Å². The predicted octanol–water partition coefficient (Wildman–Crippen LogP) is 3.37. The molecule has 0 aliphatic rings. The molecule has 0 saturated heterocycles. The quantitative estimate of drug-likeness (QED) is 0.475. The second kappa shape index (κ2) is 11.7. The summed E-state index contributed by atoms with van der Waals surface area (Å²) >= 11 is -4.52. The van der Waals surface area contributed by atoms with Gasteiger partial charge in [-0.1, -0.05) is 0 Å². The molecule has 0 bridgehead atoms. The van der Waals surface area contributed by atoms with Gasteiger partial charge in [0.2, 0.25) is 0 Å². The van der Waals surface area contributed by atoms with Crippen LogP contribution in [0, 0.1) is 0 Å². The third kappa shape index (κ3) is 8.60. The molecule has 0 unspecified atom stereocenters. The molecule has 0 spiro atoms. The van der Waals surface area contributed by atoms with E-state index in [1.54, 1.807) is 0 Å². The second-order valence-electron chi connectivity index (χ2n) is 5.11. The van der Waals surface area contributed by atoms with Crippen LogP contribution in [0.1, 0.15) is 72.6 Å². The average Bonchev–Trinajstić information content (AvgIpc) is 2.39. The summed E-state index contributed by atoms with van der Waals surface area (Å²) in [5.74, 6) is -1.37. The van der Waals surface area contributed by atoms with Gasteiger partial charge in [0.1, 0.15) is 0 Å². The van der Waals surface area contributed by atoms with E-state index in [0.29, 0.717) is 30.1 Å². The normalized spacial score (nSPS) is 10.9. The van der Waals surface area contributed by atoms with Crippen molar-refractivity contribution in [1.29, 1.82) is 0 Å². The Labute approximate surface area is 138 Å². The average molecular weight is 423 g/mol.